The van der Waals surface area contributed by atoms with Gasteiger partial charge in [-0.1, -0.05) is 26.0 Å². The molecule has 6 nitrogen and oxygen atoms in total. The molecule has 1 aromatic rings. The fourth-order valence-corrected chi connectivity index (χ4v) is 2.20. The largest absolute Gasteiger partial charge is 0.480 e. The molecule has 25 heavy (non-hydrogen) atoms. The van der Waals surface area contributed by atoms with E-state index in [0.29, 0.717) is 0 Å². The highest BCUT2D eigenvalue weighted by atomic mass is 19.2. The smallest absolute Gasteiger partial charge is 0.326 e. The van der Waals surface area contributed by atoms with Gasteiger partial charge in [0.05, 0.1) is 6.54 Å². The van der Waals surface area contributed by atoms with Crippen molar-refractivity contribution in [3.63, 3.8) is 0 Å². The Kier molecular flexibility index (Phi) is 7.97. The van der Waals surface area contributed by atoms with Crippen molar-refractivity contribution in [3.05, 3.63) is 35.4 Å². The minimum absolute atomic E-state index is 0.0118. The van der Waals surface area contributed by atoms with Gasteiger partial charge in [0.25, 0.3) is 0 Å². The first-order chi connectivity index (χ1) is 11.7. The summed E-state index contributed by atoms with van der Waals surface area (Å²) < 4.78 is 26.5. The average Bonchev–Trinajstić information content (AvgIpc) is 2.53. The predicted molar refractivity (Wildman–Crippen MR) is 86.7 cm³/mol. The Bertz CT molecular complexity index is 635. The van der Waals surface area contributed by atoms with Gasteiger partial charge in [-0.05, 0) is 30.4 Å². The molecule has 8 heteroatoms. The van der Waals surface area contributed by atoms with E-state index in [-0.39, 0.29) is 37.3 Å². The van der Waals surface area contributed by atoms with Crippen molar-refractivity contribution in [3.8, 4) is 0 Å². The van der Waals surface area contributed by atoms with Gasteiger partial charge in [-0.2, -0.15) is 0 Å². The minimum atomic E-state index is -1.14. The second-order valence-corrected chi connectivity index (χ2v) is 6.08. The van der Waals surface area contributed by atoms with E-state index in [1.807, 2.05) is 13.8 Å². The van der Waals surface area contributed by atoms with Gasteiger partial charge < -0.3 is 15.7 Å². The summed E-state index contributed by atoms with van der Waals surface area (Å²) in [5, 5.41) is 13.7. The second kappa shape index (κ2) is 9.71. The van der Waals surface area contributed by atoms with Gasteiger partial charge >= 0.3 is 5.97 Å². The van der Waals surface area contributed by atoms with Crippen LogP contribution in [0.4, 0.5) is 8.78 Å². The molecule has 0 bridgehead atoms. The summed E-state index contributed by atoms with van der Waals surface area (Å²) in [7, 11) is 0. The first kappa shape index (κ1) is 20.5. The van der Waals surface area contributed by atoms with Gasteiger partial charge in [-0.3, -0.25) is 9.59 Å². The number of halogens is 2. The molecule has 1 aromatic carbocycles. The van der Waals surface area contributed by atoms with Crippen LogP contribution < -0.4 is 10.6 Å². The maximum atomic E-state index is 13.5. The topological polar surface area (TPSA) is 95.5 Å². The number of aliphatic carboxylic acids is 1. The zero-order valence-corrected chi connectivity index (χ0v) is 14.1. The van der Waals surface area contributed by atoms with Crippen molar-refractivity contribution in [1.29, 1.82) is 0 Å². The average molecular weight is 356 g/mol. The Morgan fingerprint density at radius 2 is 1.84 bits per heavy atom. The second-order valence-electron chi connectivity index (χ2n) is 6.08. The fraction of sp³-hybridized carbons (Fsp3) is 0.471. The number of hydrogen-bond donors (Lipinski definition) is 3. The molecule has 0 aliphatic carbocycles. The van der Waals surface area contributed by atoms with Crippen LogP contribution in [0.25, 0.3) is 0 Å². The molecule has 0 spiro atoms. The third-order valence-electron chi connectivity index (χ3n) is 3.44. The third-order valence-corrected chi connectivity index (χ3v) is 3.44. The summed E-state index contributed by atoms with van der Waals surface area (Å²) in [5.74, 6) is -4.19. The van der Waals surface area contributed by atoms with Crippen LogP contribution in [0.5, 0.6) is 0 Å². The van der Waals surface area contributed by atoms with Gasteiger partial charge in [0.1, 0.15) is 6.04 Å². The highest BCUT2D eigenvalue weighted by Crippen LogP contribution is 2.13. The van der Waals surface area contributed by atoms with Gasteiger partial charge in [0.15, 0.2) is 11.6 Å². The van der Waals surface area contributed by atoms with E-state index in [1.165, 1.54) is 12.1 Å². The molecule has 3 N–H and O–H groups in total. The lowest BCUT2D eigenvalue weighted by Crippen LogP contribution is -2.46. The zero-order chi connectivity index (χ0) is 19.0. The number of carboxylic acid groups (broad SMARTS) is 1. The van der Waals surface area contributed by atoms with E-state index in [1.54, 1.807) is 0 Å². The molecule has 0 radical (unpaired) electrons. The first-order valence-corrected chi connectivity index (χ1v) is 7.92. The third kappa shape index (κ3) is 7.28. The number of rotatable bonds is 9. The molecule has 1 rings (SSSR count). The Labute approximate surface area is 144 Å². The van der Waals surface area contributed by atoms with Gasteiger partial charge in [0.2, 0.25) is 11.8 Å². The van der Waals surface area contributed by atoms with Crippen LogP contribution in [-0.2, 0) is 20.8 Å². The van der Waals surface area contributed by atoms with Crippen molar-refractivity contribution >= 4 is 17.8 Å². The predicted octanol–water partition coefficient (Wildman–Crippen LogP) is 1.63. The lowest BCUT2D eigenvalue weighted by atomic mass is 10.0. The van der Waals surface area contributed by atoms with Crippen LogP contribution in [0.2, 0.25) is 0 Å². The Morgan fingerprint density at radius 3 is 2.44 bits per heavy atom. The van der Waals surface area contributed by atoms with Crippen molar-refractivity contribution in [2.45, 2.75) is 39.2 Å². The number of benzene rings is 1. The highest BCUT2D eigenvalue weighted by Gasteiger charge is 2.21. The van der Waals surface area contributed by atoms with Crippen LogP contribution in [0.3, 0.4) is 0 Å². The van der Waals surface area contributed by atoms with E-state index in [9.17, 15) is 23.2 Å². The fourth-order valence-electron chi connectivity index (χ4n) is 2.20. The normalized spacial score (nSPS) is 11.9. The van der Waals surface area contributed by atoms with Crippen molar-refractivity contribution < 1.29 is 28.3 Å². The quantitative estimate of drug-likeness (QED) is 0.627. The summed E-state index contributed by atoms with van der Waals surface area (Å²) >= 11 is 0. The van der Waals surface area contributed by atoms with Gasteiger partial charge in [0, 0.05) is 6.42 Å². The van der Waals surface area contributed by atoms with E-state index in [0.717, 1.165) is 6.07 Å². The van der Waals surface area contributed by atoms with Crippen LogP contribution in [-0.4, -0.2) is 35.5 Å². The molecular formula is C17H22F2N2O4. The molecule has 0 unspecified atom stereocenters. The summed E-state index contributed by atoms with van der Waals surface area (Å²) in [5.41, 5.74) is 0.0717. The minimum Gasteiger partial charge on any atom is -0.480 e. The SMILES string of the molecule is CC(C)C[C@H](NC(=O)CNC(=O)CCc1cccc(F)c1F)C(=O)O. The van der Waals surface area contributed by atoms with Crippen LogP contribution in [0, 0.1) is 17.6 Å². The summed E-state index contributed by atoms with van der Waals surface area (Å²) in [4.78, 5) is 34.5. The summed E-state index contributed by atoms with van der Waals surface area (Å²) in [6.07, 6.45) is 0.137. The molecule has 0 heterocycles. The Hall–Kier alpha value is -2.51. The van der Waals surface area contributed by atoms with Crippen molar-refractivity contribution in [2.75, 3.05) is 6.54 Å². The first-order valence-electron chi connectivity index (χ1n) is 7.92. The maximum absolute atomic E-state index is 13.5. The van der Waals surface area contributed by atoms with Crippen molar-refractivity contribution in [2.24, 2.45) is 5.92 Å². The Morgan fingerprint density at radius 1 is 1.16 bits per heavy atom. The molecular weight excluding hydrogens is 334 g/mol. The number of nitrogens with one attached hydrogen (secondary N) is 2. The molecule has 0 saturated carbocycles. The van der Waals surface area contributed by atoms with Gasteiger partial charge in [-0.15, -0.1) is 0 Å². The molecule has 0 fully saturated rings. The number of aryl methyl sites for hydroxylation is 1. The molecule has 0 aliphatic heterocycles. The van der Waals surface area contributed by atoms with E-state index in [4.69, 9.17) is 5.11 Å². The number of hydrogen-bond acceptors (Lipinski definition) is 3. The molecule has 0 aliphatic rings. The van der Waals surface area contributed by atoms with Crippen LogP contribution in [0.1, 0.15) is 32.3 Å². The number of carboxylic acids is 1. The number of carbonyl (C=O) groups is 3. The monoisotopic (exact) mass is 356 g/mol. The molecule has 0 aromatic heterocycles. The van der Waals surface area contributed by atoms with E-state index < -0.39 is 35.5 Å². The maximum Gasteiger partial charge on any atom is 0.326 e. The lowest BCUT2D eigenvalue weighted by Gasteiger charge is -2.16. The Balaban J connectivity index is 2.41. The number of carbonyl (C=O) groups excluding carboxylic acids is 2. The number of amides is 2. The standard InChI is InChI=1S/C17H22F2N2O4/c1-10(2)8-13(17(24)25)21-15(23)9-20-14(22)7-6-11-4-3-5-12(18)16(11)19/h3-5,10,13H,6-9H2,1-2H3,(H,20,22)(H,21,23)(H,24,25)/t13-/m0/s1. The van der Waals surface area contributed by atoms with E-state index in [2.05, 4.69) is 10.6 Å². The molecule has 0 saturated heterocycles. The molecule has 138 valence electrons. The van der Waals surface area contributed by atoms with Crippen molar-refractivity contribution in [1.82, 2.24) is 10.6 Å². The van der Waals surface area contributed by atoms with E-state index >= 15 is 0 Å². The van der Waals surface area contributed by atoms with Crippen LogP contribution in [0.15, 0.2) is 18.2 Å². The summed E-state index contributed by atoms with van der Waals surface area (Å²) in [6, 6.07) is 2.69. The summed E-state index contributed by atoms with van der Waals surface area (Å²) in [6.45, 7) is 3.27. The molecule has 2 amide bonds. The highest BCUT2D eigenvalue weighted by molar-refractivity contribution is 5.87. The zero-order valence-electron chi connectivity index (χ0n) is 14.1. The lowest BCUT2D eigenvalue weighted by molar-refractivity contribution is -0.142. The van der Waals surface area contributed by atoms with Gasteiger partial charge in [-0.25, -0.2) is 13.6 Å². The molecule has 1 atom stereocenters. The van der Waals surface area contributed by atoms with Crippen LogP contribution >= 0.6 is 0 Å².